The Morgan fingerprint density at radius 3 is 2.83 bits per heavy atom. The third-order valence-corrected chi connectivity index (χ3v) is 3.62. The van der Waals surface area contributed by atoms with Crippen molar-refractivity contribution in [2.24, 2.45) is 11.0 Å². The van der Waals surface area contributed by atoms with Gasteiger partial charge in [0.2, 0.25) is 0 Å². The van der Waals surface area contributed by atoms with Gasteiger partial charge in [-0.15, -0.1) is 0 Å². The summed E-state index contributed by atoms with van der Waals surface area (Å²) in [6.45, 7) is 6.38. The Morgan fingerprint density at radius 2 is 2.17 bits per heavy atom. The largest absolute Gasteiger partial charge is 0.496 e. The minimum atomic E-state index is -0.335. The van der Waals surface area contributed by atoms with Crippen LogP contribution in [0.25, 0.3) is 0 Å². The van der Waals surface area contributed by atoms with Crippen molar-refractivity contribution in [3.8, 4) is 5.75 Å². The highest BCUT2D eigenvalue weighted by molar-refractivity contribution is 6.31. The number of hydrogen-bond acceptors (Lipinski definition) is 3. The summed E-state index contributed by atoms with van der Waals surface area (Å²) in [5.41, 5.74) is 4.22. The van der Waals surface area contributed by atoms with E-state index in [1.54, 1.807) is 24.4 Å². The summed E-state index contributed by atoms with van der Waals surface area (Å²) in [5.74, 6) is 0.655. The van der Waals surface area contributed by atoms with Crippen LogP contribution >= 0.6 is 11.6 Å². The molecule has 0 saturated carbocycles. The molecular weight excluding hydrogens is 312 g/mol. The van der Waals surface area contributed by atoms with Crippen LogP contribution in [0, 0.1) is 5.92 Å². The first-order valence-electron chi connectivity index (χ1n) is 7.72. The molecule has 0 bridgehead atoms. The average Bonchev–Trinajstić information content (AvgIpc) is 2.51. The quantitative estimate of drug-likeness (QED) is 0.419. The number of amides is 1. The van der Waals surface area contributed by atoms with Crippen molar-refractivity contribution in [2.75, 3.05) is 7.11 Å². The van der Waals surface area contributed by atoms with Gasteiger partial charge in [0.1, 0.15) is 5.75 Å². The molecule has 0 saturated heterocycles. The number of halogens is 1. The van der Waals surface area contributed by atoms with E-state index in [2.05, 4.69) is 37.4 Å². The summed E-state index contributed by atoms with van der Waals surface area (Å²) in [7, 11) is 1.51. The van der Waals surface area contributed by atoms with Crippen LogP contribution in [0.3, 0.4) is 0 Å². The summed E-state index contributed by atoms with van der Waals surface area (Å²) in [6, 6.07) is 4.90. The smallest absolute Gasteiger partial charge is 0.275 e. The first kappa shape index (κ1) is 19.2. The molecule has 1 atom stereocenters. The van der Waals surface area contributed by atoms with Crippen LogP contribution in [0.4, 0.5) is 0 Å². The molecule has 0 aliphatic heterocycles. The Kier molecular flexibility index (Phi) is 8.41. The molecule has 1 amide bonds. The van der Waals surface area contributed by atoms with Crippen molar-refractivity contribution >= 4 is 23.7 Å². The molecule has 0 radical (unpaired) electrons. The van der Waals surface area contributed by atoms with E-state index in [9.17, 15) is 4.79 Å². The molecule has 0 heterocycles. The standard InChI is InChI=1S/C18H25ClN2O2/c1-13(2)6-5-7-14(3)10-11-20-21-18(22)16-12-15(19)8-9-17(16)23-4/h6,8-9,11-12,14H,5,7,10H2,1-4H3,(H,21,22)/b20-11+/t14-/m1/s1. The average molecular weight is 337 g/mol. The van der Waals surface area contributed by atoms with Gasteiger partial charge in [0, 0.05) is 11.2 Å². The zero-order valence-electron chi connectivity index (χ0n) is 14.2. The molecule has 0 aliphatic rings. The van der Waals surface area contributed by atoms with Gasteiger partial charge < -0.3 is 4.74 Å². The number of nitrogens with zero attached hydrogens (tertiary/aromatic N) is 1. The Balaban J connectivity index is 2.47. The highest BCUT2D eigenvalue weighted by Crippen LogP contribution is 2.22. The van der Waals surface area contributed by atoms with Crippen LogP contribution < -0.4 is 10.2 Å². The fourth-order valence-corrected chi connectivity index (χ4v) is 2.20. The molecule has 0 fully saturated rings. The SMILES string of the molecule is COc1ccc(Cl)cc1C(=O)N/N=C/C[C@H](C)CCC=C(C)C. The van der Waals surface area contributed by atoms with E-state index < -0.39 is 0 Å². The summed E-state index contributed by atoms with van der Waals surface area (Å²) < 4.78 is 5.15. The van der Waals surface area contributed by atoms with Crippen molar-refractivity contribution in [3.63, 3.8) is 0 Å². The number of carbonyl (C=O) groups excluding carboxylic acids is 1. The molecule has 4 nitrogen and oxygen atoms in total. The Bertz CT molecular complexity index is 578. The van der Waals surface area contributed by atoms with Crippen LogP contribution in [0.2, 0.25) is 5.02 Å². The molecule has 0 spiro atoms. The minimum Gasteiger partial charge on any atom is -0.496 e. The molecule has 1 aromatic carbocycles. The molecule has 5 heteroatoms. The van der Waals surface area contributed by atoms with Gasteiger partial charge in [-0.25, -0.2) is 5.43 Å². The van der Waals surface area contributed by atoms with E-state index in [-0.39, 0.29) is 5.91 Å². The van der Waals surface area contributed by atoms with E-state index in [1.807, 2.05) is 0 Å². The number of benzene rings is 1. The normalized spacial score (nSPS) is 12.0. The molecule has 1 N–H and O–H groups in total. The van der Waals surface area contributed by atoms with Crippen LogP contribution in [-0.4, -0.2) is 19.2 Å². The lowest BCUT2D eigenvalue weighted by Crippen LogP contribution is -2.18. The molecule has 126 valence electrons. The van der Waals surface area contributed by atoms with Gasteiger partial charge in [-0.2, -0.15) is 5.10 Å². The lowest BCUT2D eigenvalue weighted by Gasteiger charge is -2.08. The number of nitrogens with one attached hydrogen (secondary N) is 1. The second-order valence-corrected chi connectivity index (χ2v) is 6.23. The number of ether oxygens (including phenoxy) is 1. The zero-order valence-corrected chi connectivity index (χ0v) is 15.0. The van der Waals surface area contributed by atoms with Crippen LogP contribution in [0.1, 0.15) is 50.4 Å². The molecule has 0 unspecified atom stereocenters. The van der Waals surface area contributed by atoms with Crippen molar-refractivity contribution in [2.45, 2.75) is 40.0 Å². The van der Waals surface area contributed by atoms with Gasteiger partial charge >= 0.3 is 0 Å². The van der Waals surface area contributed by atoms with E-state index in [0.29, 0.717) is 22.3 Å². The summed E-state index contributed by atoms with van der Waals surface area (Å²) >= 11 is 5.91. The molecule has 0 aromatic heterocycles. The Hall–Kier alpha value is -1.81. The highest BCUT2D eigenvalue weighted by Gasteiger charge is 2.12. The highest BCUT2D eigenvalue weighted by atomic mass is 35.5. The predicted molar refractivity (Wildman–Crippen MR) is 96.4 cm³/mol. The van der Waals surface area contributed by atoms with Crippen LogP contribution in [-0.2, 0) is 0 Å². The summed E-state index contributed by atoms with van der Waals surface area (Å²) in [4.78, 5) is 12.1. The molecular formula is C18H25ClN2O2. The first-order valence-corrected chi connectivity index (χ1v) is 8.10. The second-order valence-electron chi connectivity index (χ2n) is 5.80. The summed E-state index contributed by atoms with van der Waals surface area (Å²) in [5, 5.41) is 4.48. The van der Waals surface area contributed by atoms with E-state index in [1.165, 1.54) is 12.7 Å². The summed E-state index contributed by atoms with van der Waals surface area (Å²) in [6.07, 6.45) is 6.98. The predicted octanol–water partition coefficient (Wildman–Crippen LogP) is 4.84. The van der Waals surface area contributed by atoms with Gasteiger partial charge in [-0.1, -0.05) is 30.2 Å². The van der Waals surface area contributed by atoms with Gasteiger partial charge in [0.25, 0.3) is 5.91 Å². The molecule has 23 heavy (non-hydrogen) atoms. The maximum absolute atomic E-state index is 12.1. The lowest BCUT2D eigenvalue weighted by atomic mass is 10.0. The minimum absolute atomic E-state index is 0.335. The van der Waals surface area contributed by atoms with E-state index in [0.717, 1.165) is 19.3 Å². The number of rotatable bonds is 8. The van der Waals surface area contributed by atoms with Crippen molar-refractivity contribution in [1.82, 2.24) is 5.43 Å². The monoisotopic (exact) mass is 336 g/mol. The number of hydrazone groups is 1. The third-order valence-electron chi connectivity index (χ3n) is 3.38. The van der Waals surface area contributed by atoms with Crippen LogP contribution in [0.5, 0.6) is 5.75 Å². The van der Waals surface area contributed by atoms with E-state index >= 15 is 0 Å². The molecule has 1 rings (SSSR count). The lowest BCUT2D eigenvalue weighted by molar-refractivity contribution is 0.0952. The molecule has 0 aliphatic carbocycles. The van der Waals surface area contributed by atoms with Gasteiger partial charge in [-0.05, 0) is 57.2 Å². The van der Waals surface area contributed by atoms with E-state index in [4.69, 9.17) is 16.3 Å². The number of methoxy groups -OCH3 is 1. The maximum atomic E-state index is 12.1. The zero-order chi connectivity index (χ0) is 17.2. The fraction of sp³-hybridized carbons (Fsp3) is 0.444. The Morgan fingerprint density at radius 1 is 1.43 bits per heavy atom. The topological polar surface area (TPSA) is 50.7 Å². The van der Waals surface area contributed by atoms with Crippen molar-refractivity contribution in [1.29, 1.82) is 0 Å². The van der Waals surface area contributed by atoms with Crippen molar-refractivity contribution < 1.29 is 9.53 Å². The van der Waals surface area contributed by atoms with Gasteiger partial charge in [0.05, 0.1) is 12.7 Å². The number of carbonyl (C=O) groups is 1. The Labute approximate surface area is 143 Å². The number of hydrogen-bond donors (Lipinski definition) is 1. The van der Waals surface area contributed by atoms with Gasteiger partial charge in [-0.3, -0.25) is 4.79 Å². The molecule has 1 aromatic rings. The maximum Gasteiger partial charge on any atom is 0.275 e. The first-order chi connectivity index (χ1) is 10.9. The van der Waals surface area contributed by atoms with Crippen LogP contribution in [0.15, 0.2) is 34.9 Å². The third kappa shape index (κ3) is 7.33. The second kappa shape index (κ2) is 10.1. The fourth-order valence-electron chi connectivity index (χ4n) is 2.03. The van der Waals surface area contributed by atoms with Gasteiger partial charge in [0.15, 0.2) is 0 Å². The number of allylic oxidation sites excluding steroid dienone is 2. The van der Waals surface area contributed by atoms with Crippen molar-refractivity contribution in [3.05, 3.63) is 40.4 Å².